The molecule has 0 fully saturated rings. The molecule has 0 spiro atoms. The number of guanidine groups is 1. The minimum Gasteiger partial charge on any atom is -0.399 e. The highest BCUT2D eigenvalue weighted by Crippen LogP contribution is 2.06. The Hall–Kier alpha value is -2.84. The third kappa shape index (κ3) is 7.45. The topological polar surface area (TPSA) is 163 Å². The van der Waals surface area contributed by atoms with E-state index in [1.807, 2.05) is 19.1 Å². The molecular weight excluding hydrogens is 240 g/mol. The van der Waals surface area contributed by atoms with Crippen LogP contribution in [-0.2, 0) is 0 Å². The van der Waals surface area contributed by atoms with Gasteiger partial charge < -0.3 is 17.2 Å². The summed E-state index contributed by atoms with van der Waals surface area (Å²) in [6, 6.07) is 7.31. The Balaban J connectivity index is 0.000000631. The van der Waals surface area contributed by atoms with Crippen molar-refractivity contribution in [1.82, 2.24) is 0 Å². The third-order valence-corrected chi connectivity index (χ3v) is 1.64. The van der Waals surface area contributed by atoms with E-state index in [4.69, 9.17) is 32.5 Å². The van der Waals surface area contributed by atoms with Gasteiger partial charge in [-0.3, -0.25) is 0 Å². The fourth-order valence-corrected chi connectivity index (χ4v) is 0.915. The molecule has 0 aromatic heterocycles. The van der Waals surface area contributed by atoms with Crippen molar-refractivity contribution in [2.75, 3.05) is 5.73 Å². The number of rotatable bonds is 2. The van der Waals surface area contributed by atoms with Crippen molar-refractivity contribution < 1.29 is 15.5 Å². The molecule has 9 heteroatoms. The molecule has 0 saturated heterocycles. The van der Waals surface area contributed by atoms with E-state index in [1.165, 1.54) is 0 Å². The van der Waals surface area contributed by atoms with Crippen LogP contribution in [0.2, 0.25) is 0 Å². The number of nitrogen functional groups attached to an aromatic ring is 1. The molecule has 0 heterocycles. The molecule has 0 bridgehead atoms. The molecule has 1 rings (SSSR count). The van der Waals surface area contributed by atoms with Crippen LogP contribution in [0.4, 0.5) is 5.69 Å². The van der Waals surface area contributed by atoms with Gasteiger partial charge in [-0.05, 0) is 24.6 Å². The van der Waals surface area contributed by atoms with E-state index < -0.39 is 5.09 Å². The Kier molecular flexibility index (Phi) is 6.26. The SMILES string of the molecule is C/C(=N\N=C(N)N)c1ccc(N)cc1.O=[N+](O)O. The highest BCUT2D eigenvalue weighted by Gasteiger charge is 1.95. The van der Waals surface area contributed by atoms with E-state index in [-0.39, 0.29) is 5.96 Å². The van der Waals surface area contributed by atoms with Gasteiger partial charge in [0.2, 0.25) is 5.96 Å². The van der Waals surface area contributed by atoms with Crippen LogP contribution in [-0.4, -0.2) is 27.2 Å². The summed E-state index contributed by atoms with van der Waals surface area (Å²) in [7, 11) is 0. The van der Waals surface area contributed by atoms with Crippen molar-refractivity contribution in [3.8, 4) is 0 Å². The monoisotopic (exact) mass is 255 g/mol. The smallest absolute Gasteiger partial charge is 0.399 e. The Morgan fingerprint density at radius 1 is 1.17 bits per heavy atom. The van der Waals surface area contributed by atoms with E-state index in [2.05, 4.69) is 10.2 Å². The largest absolute Gasteiger partial charge is 0.472 e. The molecule has 1 aromatic carbocycles. The molecular formula is C9H15N6O3+. The van der Waals surface area contributed by atoms with Gasteiger partial charge >= 0.3 is 5.09 Å². The second-order valence-corrected chi connectivity index (χ2v) is 3.09. The molecule has 9 nitrogen and oxygen atoms in total. The van der Waals surface area contributed by atoms with Gasteiger partial charge in [0.25, 0.3) is 0 Å². The fourth-order valence-electron chi connectivity index (χ4n) is 0.915. The van der Waals surface area contributed by atoms with E-state index in [0.29, 0.717) is 5.69 Å². The molecule has 0 saturated carbocycles. The third-order valence-electron chi connectivity index (χ3n) is 1.64. The summed E-state index contributed by atoms with van der Waals surface area (Å²) in [5.74, 6) is -0.0557. The minimum atomic E-state index is -1.25. The lowest BCUT2D eigenvalue weighted by molar-refractivity contribution is -0.969. The summed E-state index contributed by atoms with van der Waals surface area (Å²) in [5.41, 5.74) is 18.2. The number of anilines is 1. The second kappa shape index (κ2) is 7.44. The number of nitrogens with zero attached hydrogens (tertiary/aromatic N) is 3. The van der Waals surface area contributed by atoms with Crippen LogP contribution >= 0.6 is 0 Å². The molecule has 0 aliphatic rings. The average Bonchev–Trinajstić information content (AvgIpc) is 2.26. The molecule has 8 N–H and O–H groups in total. The molecule has 0 aliphatic carbocycles. The Morgan fingerprint density at radius 3 is 2.00 bits per heavy atom. The lowest BCUT2D eigenvalue weighted by Gasteiger charge is -1.98. The van der Waals surface area contributed by atoms with Crippen molar-refractivity contribution in [1.29, 1.82) is 0 Å². The first-order chi connectivity index (χ1) is 8.32. The molecule has 0 aliphatic heterocycles. The van der Waals surface area contributed by atoms with Gasteiger partial charge in [-0.2, -0.15) is 5.10 Å². The standard InChI is InChI=1S/C9H13N5.H2NO3/c1-6(13-14-9(11)12)7-2-4-8(10)5-3-7;2-1(3)4/h2-5H,10H2,1H3,(H4,11,12,14);(H2,2,3,4)/q;+1/b13-6+;. The molecule has 0 radical (unpaired) electrons. The summed E-state index contributed by atoms with van der Waals surface area (Å²) < 4.78 is 0. The Morgan fingerprint density at radius 2 is 1.61 bits per heavy atom. The van der Waals surface area contributed by atoms with Gasteiger partial charge in [-0.25, -0.2) is 10.4 Å². The maximum absolute atomic E-state index is 8.47. The van der Waals surface area contributed by atoms with Crippen LogP contribution < -0.4 is 17.2 Å². The summed E-state index contributed by atoms with van der Waals surface area (Å²) in [6.07, 6.45) is 0. The normalized spacial score (nSPS) is 9.94. The van der Waals surface area contributed by atoms with E-state index >= 15 is 0 Å². The van der Waals surface area contributed by atoms with Crippen molar-refractivity contribution in [2.45, 2.75) is 6.92 Å². The molecule has 0 unspecified atom stereocenters. The van der Waals surface area contributed by atoms with Crippen LogP contribution in [0.5, 0.6) is 0 Å². The summed E-state index contributed by atoms with van der Waals surface area (Å²) in [4.78, 5) is 8.47. The number of hydrogen-bond donors (Lipinski definition) is 5. The first kappa shape index (κ1) is 15.2. The van der Waals surface area contributed by atoms with Crippen LogP contribution in [0.1, 0.15) is 12.5 Å². The maximum atomic E-state index is 8.47. The summed E-state index contributed by atoms with van der Waals surface area (Å²) in [5, 5.41) is 19.9. The van der Waals surface area contributed by atoms with Gasteiger partial charge in [0.15, 0.2) is 0 Å². The highest BCUT2D eigenvalue weighted by atomic mass is 16.9. The zero-order chi connectivity index (χ0) is 14.1. The molecule has 98 valence electrons. The first-order valence-corrected chi connectivity index (χ1v) is 4.67. The quantitative estimate of drug-likeness (QED) is 0.213. The zero-order valence-corrected chi connectivity index (χ0v) is 9.69. The summed E-state index contributed by atoms with van der Waals surface area (Å²) >= 11 is 0. The van der Waals surface area contributed by atoms with Gasteiger partial charge in [0.05, 0.1) is 5.71 Å². The number of nitrogens with two attached hydrogens (primary N) is 3. The molecule has 0 atom stereocenters. The van der Waals surface area contributed by atoms with Crippen molar-refractivity contribution >= 4 is 17.4 Å². The maximum Gasteiger partial charge on any atom is 0.472 e. The lowest BCUT2D eigenvalue weighted by atomic mass is 10.1. The number of hydrogen-bond acceptors (Lipinski definition) is 4. The second-order valence-electron chi connectivity index (χ2n) is 3.09. The zero-order valence-electron chi connectivity index (χ0n) is 9.69. The van der Waals surface area contributed by atoms with Crippen molar-refractivity contribution in [3.63, 3.8) is 0 Å². The van der Waals surface area contributed by atoms with Crippen LogP contribution in [0.3, 0.4) is 0 Å². The van der Waals surface area contributed by atoms with Crippen LogP contribution in [0, 0.1) is 4.91 Å². The Labute approximate surface area is 103 Å². The average molecular weight is 255 g/mol. The van der Waals surface area contributed by atoms with E-state index in [9.17, 15) is 0 Å². The molecule has 1 aromatic rings. The highest BCUT2D eigenvalue weighted by molar-refractivity contribution is 5.99. The van der Waals surface area contributed by atoms with E-state index in [1.54, 1.807) is 12.1 Å². The predicted octanol–water partition coefficient (Wildman–Crippen LogP) is -0.190. The predicted molar refractivity (Wildman–Crippen MR) is 66.1 cm³/mol. The van der Waals surface area contributed by atoms with Gasteiger partial charge in [-0.15, -0.1) is 5.10 Å². The number of benzene rings is 1. The fraction of sp³-hybridized carbons (Fsp3) is 0.111. The van der Waals surface area contributed by atoms with Crippen molar-refractivity contribution in [2.24, 2.45) is 21.7 Å². The van der Waals surface area contributed by atoms with Crippen LogP contribution in [0.15, 0.2) is 34.5 Å². The van der Waals surface area contributed by atoms with Gasteiger partial charge in [0.1, 0.15) is 4.91 Å². The summed E-state index contributed by atoms with van der Waals surface area (Å²) in [6.45, 7) is 1.82. The Bertz CT molecular complexity index is 446. The van der Waals surface area contributed by atoms with Gasteiger partial charge in [-0.1, -0.05) is 12.1 Å². The minimum absolute atomic E-state index is 0.0557. The van der Waals surface area contributed by atoms with E-state index in [0.717, 1.165) is 11.3 Å². The van der Waals surface area contributed by atoms with Gasteiger partial charge in [0, 0.05) is 5.69 Å². The molecule has 0 amide bonds. The van der Waals surface area contributed by atoms with Crippen molar-refractivity contribution in [3.05, 3.63) is 34.7 Å². The lowest BCUT2D eigenvalue weighted by Crippen LogP contribution is -2.22. The first-order valence-electron chi connectivity index (χ1n) is 4.67. The van der Waals surface area contributed by atoms with Crippen LogP contribution in [0.25, 0.3) is 0 Å². The molecule has 18 heavy (non-hydrogen) atoms.